The summed E-state index contributed by atoms with van der Waals surface area (Å²) in [5.74, 6) is -1.21. The Morgan fingerprint density at radius 2 is 1.61 bits per heavy atom. The van der Waals surface area contributed by atoms with Crippen LogP contribution < -0.4 is 0 Å². The molecular weight excluding hydrogens is 361 g/mol. The van der Waals surface area contributed by atoms with Gasteiger partial charge in [0.1, 0.15) is 11.9 Å². The average molecular weight is 384 g/mol. The molecule has 1 unspecified atom stereocenters. The fraction of sp³-hybridized carbons (Fsp3) is 0.333. The van der Waals surface area contributed by atoms with Crippen molar-refractivity contribution in [2.75, 3.05) is 6.61 Å². The second-order valence-corrected chi connectivity index (χ2v) is 7.65. The number of rotatable bonds is 5. The van der Waals surface area contributed by atoms with Crippen molar-refractivity contribution < 1.29 is 17.9 Å². The number of hydrogen-bond donors (Lipinski definition) is 0. The Hall–Kier alpha value is -2.33. The zero-order chi connectivity index (χ0) is 19.7. The molecule has 0 radical (unpaired) electrons. The number of ether oxygens (including phenoxy) is 1. The quantitative estimate of drug-likeness (QED) is 0.516. The summed E-state index contributed by atoms with van der Waals surface area (Å²) in [6.07, 6.45) is 8.69. The Labute approximate surface area is 163 Å². The van der Waals surface area contributed by atoms with Gasteiger partial charge in [0.15, 0.2) is 11.6 Å². The molecule has 2 aliphatic rings. The fourth-order valence-corrected chi connectivity index (χ4v) is 4.04. The van der Waals surface area contributed by atoms with Gasteiger partial charge < -0.3 is 4.74 Å². The zero-order valence-electron chi connectivity index (χ0n) is 15.6. The van der Waals surface area contributed by atoms with Crippen LogP contribution in [-0.2, 0) is 4.74 Å². The first kappa shape index (κ1) is 19.0. The van der Waals surface area contributed by atoms with Crippen LogP contribution in [0.1, 0.15) is 60.0 Å². The van der Waals surface area contributed by atoms with E-state index >= 15 is 0 Å². The van der Waals surface area contributed by atoms with Crippen LogP contribution in [0.25, 0.3) is 12.2 Å². The minimum atomic E-state index is -0.858. The first-order chi connectivity index (χ1) is 13.6. The van der Waals surface area contributed by atoms with Gasteiger partial charge in [-0.3, -0.25) is 0 Å². The van der Waals surface area contributed by atoms with Gasteiger partial charge in [0.05, 0.1) is 6.61 Å². The fourth-order valence-electron chi connectivity index (χ4n) is 4.04. The number of allylic oxidation sites excluding steroid dienone is 1. The van der Waals surface area contributed by atoms with Crippen LogP contribution in [0.15, 0.2) is 43.0 Å². The van der Waals surface area contributed by atoms with Crippen molar-refractivity contribution in [3.63, 3.8) is 0 Å². The maximum Gasteiger partial charge on any atom is 0.166 e. The van der Waals surface area contributed by atoms with E-state index < -0.39 is 11.6 Å². The molecule has 2 fully saturated rings. The topological polar surface area (TPSA) is 12.5 Å². The Bertz CT molecular complexity index is 906. The normalized spacial score (nSPS) is 24.5. The van der Waals surface area contributed by atoms with Gasteiger partial charge >= 0.3 is 0 Å². The van der Waals surface area contributed by atoms with Crippen molar-refractivity contribution in [3.8, 4) is 0 Å². The molecule has 0 spiro atoms. The summed E-state index contributed by atoms with van der Waals surface area (Å²) in [4.78, 5) is 0. The summed E-state index contributed by atoms with van der Waals surface area (Å²) in [6.45, 7) is 4.09. The predicted octanol–water partition coefficient (Wildman–Crippen LogP) is 6.81. The van der Waals surface area contributed by atoms with E-state index in [2.05, 4.69) is 6.58 Å². The molecule has 4 rings (SSSR count). The lowest BCUT2D eigenvalue weighted by Crippen LogP contribution is -2.12. The molecule has 1 saturated heterocycles. The van der Waals surface area contributed by atoms with Crippen molar-refractivity contribution >= 4 is 12.2 Å². The highest BCUT2D eigenvalue weighted by molar-refractivity contribution is 5.56. The Balaban J connectivity index is 1.38. The van der Waals surface area contributed by atoms with E-state index in [1.165, 1.54) is 12.1 Å². The molecule has 0 N–H and O–H groups in total. The van der Waals surface area contributed by atoms with Gasteiger partial charge in [0.25, 0.3) is 0 Å². The van der Waals surface area contributed by atoms with Crippen molar-refractivity contribution in [2.45, 2.75) is 37.7 Å². The van der Waals surface area contributed by atoms with E-state index in [1.807, 2.05) is 18.2 Å². The summed E-state index contributed by atoms with van der Waals surface area (Å²) in [5.41, 5.74) is 2.11. The van der Waals surface area contributed by atoms with Crippen LogP contribution in [0.2, 0.25) is 0 Å². The predicted molar refractivity (Wildman–Crippen MR) is 105 cm³/mol. The largest absolute Gasteiger partial charge is 0.368 e. The van der Waals surface area contributed by atoms with Gasteiger partial charge in [-0.15, -0.1) is 0 Å². The highest BCUT2D eigenvalue weighted by atomic mass is 19.2. The zero-order valence-corrected chi connectivity index (χ0v) is 15.6. The van der Waals surface area contributed by atoms with Crippen LogP contribution >= 0.6 is 0 Å². The molecule has 146 valence electrons. The number of hydrogen-bond acceptors (Lipinski definition) is 1. The Morgan fingerprint density at radius 1 is 0.929 bits per heavy atom. The third-order valence-electron chi connectivity index (χ3n) is 5.86. The number of halogens is 3. The van der Waals surface area contributed by atoms with Gasteiger partial charge in [-0.2, -0.15) is 0 Å². The maximum absolute atomic E-state index is 14.2. The first-order valence-electron chi connectivity index (χ1n) is 9.76. The third-order valence-corrected chi connectivity index (χ3v) is 5.86. The van der Waals surface area contributed by atoms with E-state index in [1.54, 1.807) is 18.2 Å². The molecular formula is C24H23F3O. The Kier molecular flexibility index (Phi) is 5.40. The number of epoxide rings is 1. The summed E-state index contributed by atoms with van der Waals surface area (Å²) >= 11 is 0. The van der Waals surface area contributed by atoms with E-state index in [0.29, 0.717) is 24.0 Å². The van der Waals surface area contributed by atoms with Crippen LogP contribution in [0.3, 0.4) is 0 Å². The molecule has 4 heteroatoms. The lowest BCUT2D eigenvalue weighted by molar-refractivity contribution is 0.375. The van der Waals surface area contributed by atoms with Crippen molar-refractivity contribution in [3.05, 3.63) is 82.7 Å². The molecule has 2 aromatic rings. The molecule has 1 nitrogen and oxygen atoms in total. The molecule has 1 saturated carbocycles. The van der Waals surface area contributed by atoms with Crippen LogP contribution in [0, 0.1) is 23.4 Å². The van der Waals surface area contributed by atoms with E-state index in [9.17, 15) is 13.2 Å². The average Bonchev–Trinajstić information content (AvgIpc) is 3.55. The molecule has 1 aliphatic heterocycles. The van der Waals surface area contributed by atoms with Gasteiger partial charge in [-0.25, -0.2) is 13.2 Å². The van der Waals surface area contributed by atoms with E-state index in [4.69, 9.17) is 4.74 Å². The van der Waals surface area contributed by atoms with E-state index in [0.717, 1.165) is 31.2 Å². The molecule has 1 atom stereocenters. The number of benzene rings is 2. The summed E-state index contributed by atoms with van der Waals surface area (Å²) < 4.78 is 47.4. The van der Waals surface area contributed by atoms with E-state index in [-0.39, 0.29) is 23.0 Å². The maximum atomic E-state index is 14.2. The second-order valence-electron chi connectivity index (χ2n) is 7.65. The van der Waals surface area contributed by atoms with Crippen LogP contribution in [0.5, 0.6) is 0 Å². The highest BCUT2D eigenvalue weighted by Crippen LogP contribution is 2.39. The van der Waals surface area contributed by atoms with Gasteiger partial charge in [-0.1, -0.05) is 49.1 Å². The van der Waals surface area contributed by atoms with Gasteiger partial charge in [0, 0.05) is 16.7 Å². The van der Waals surface area contributed by atoms with Crippen molar-refractivity contribution in [1.82, 2.24) is 0 Å². The minimum absolute atomic E-state index is 0.0688. The molecule has 2 aromatic carbocycles. The summed E-state index contributed by atoms with van der Waals surface area (Å²) in [6, 6.07) is 8.62. The highest BCUT2D eigenvalue weighted by Gasteiger charge is 2.29. The van der Waals surface area contributed by atoms with Gasteiger partial charge in [0.2, 0.25) is 0 Å². The minimum Gasteiger partial charge on any atom is -0.368 e. The Morgan fingerprint density at radius 3 is 2.25 bits per heavy atom. The molecule has 28 heavy (non-hydrogen) atoms. The lowest BCUT2D eigenvalue weighted by Gasteiger charge is -2.27. The van der Waals surface area contributed by atoms with Crippen LogP contribution in [-0.4, -0.2) is 6.61 Å². The molecule has 1 aliphatic carbocycles. The van der Waals surface area contributed by atoms with Crippen molar-refractivity contribution in [1.29, 1.82) is 0 Å². The molecule has 0 bridgehead atoms. The monoisotopic (exact) mass is 384 g/mol. The molecule has 0 aromatic heterocycles. The van der Waals surface area contributed by atoms with Crippen LogP contribution in [0.4, 0.5) is 13.2 Å². The summed E-state index contributed by atoms with van der Waals surface area (Å²) in [5, 5.41) is 0. The second kappa shape index (κ2) is 7.96. The first-order valence-corrected chi connectivity index (χ1v) is 9.76. The SMILES string of the molecule is C=Cc1ccc(/C=C/C2CCC(c3ccc(C4CO4)c(F)c3)CC2)c(F)c1F. The molecule has 0 amide bonds. The van der Waals surface area contributed by atoms with Gasteiger partial charge in [-0.05, 0) is 49.1 Å². The third kappa shape index (κ3) is 3.93. The summed E-state index contributed by atoms with van der Waals surface area (Å²) in [7, 11) is 0. The smallest absolute Gasteiger partial charge is 0.166 e. The lowest BCUT2D eigenvalue weighted by atomic mass is 9.78. The standard InChI is InChI=1S/C24H23F3O/c1-2-16-9-10-18(24(27)23(16)26)8-5-15-3-6-17(7-4-15)19-11-12-20(21(25)13-19)22-14-28-22/h2,5,8-13,15,17,22H,1,3-4,6-7,14H2/b8-5+. The van der Waals surface area contributed by atoms with Crippen molar-refractivity contribution in [2.24, 2.45) is 5.92 Å². The molecule has 1 heterocycles.